The molecule has 0 saturated carbocycles. The summed E-state index contributed by atoms with van der Waals surface area (Å²) in [7, 11) is 0. The van der Waals surface area contributed by atoms with Crippen LogP contribution in [0, 0.1) is 16.0 Å². The summed E-state index contributed by atoms with van der Waals surface area (Å²) in [5.74, 6) is -0.210. The van der Waals surface area contributed by atoms with Crippen molar-refractivity contribution in [1.29, 1.82) is 0 Å². The molecular formula is C12H15N3O4. The number of nitro groups is 1. The van der Waals surface area contributed by atoms with E-state index in [1.807, 2.05) is 0 Å². The zero-order valence-corrected chi connectivity index (χ0v) is 10.7. The van der Waals surface area contributed by atoms with Gasteiger partial charge in [0.2, 0.25) is 0 Å². The molecule has 0 heterocycles. The summed E-state index contributed by atoms with van der Waals surface area (Å²) in [5.41, 5.74) is 0.362. The molecule has 0 aliphatic rings. The smallest absolute Gasteiger partial charge is 0.319 e. The van der Waals surface area contributed by atoms with Gasteiger partial charge in [-0.05, 0) is 12.1 Å². The molecular weight excluding hydrogens is 250 g/mol. The monoisotopic (exact) mass is 265 g/mol. The lowest BCUT2D eigenvalue weighted by Gasteiger charge is -2.08. The number of nitro benzene ring substituents is 1. The van der Waals surface area contributed by atoms with E-state index in [9.17, 15) is 19.7 Å². The van der Waals surface area contributed by atoms with Crippen molar-refractivity contribution in [2.24, 2.45) is 5.92 Å². The molecule has 0 aromatic heterocycles. The highest BCUT2D eigenvalue weighted by Crippen LogP contribution is 2.15. The SMILES string of the molecule is CC(C)C(=O)CNC(=O)Nc1ccc([N+](=O)[O-])cc1. The molecule has 0 aliphatic heterocycles. The molecule has 0 saturated heterocycles. The van der Waals surface area contributed by atoms with Crippen LogP contribution in [0.1, 0.15) is 13.8 Å². The number of Topliss-reactive ketones (excluding diaryl/α,β-unsaturated/α-hetero) is 1. The molecule has 2 amide bonds. The first-order valence-corrected chi connectivity index (χ1v) is 5.72. The zero-order valence-electron chi connectivity index (χ0n) is 10.7. The number of hydrogen-bond acceptors (Lipinski definition) is 4. The number of carbonyl (C=O) groups is 2. The van der Waals surface area contributed by atoms with Crippen molar-refractivity contribution >= 4 is 23.2 Å². The molecule has 0 radical (unpaired) electrons. The van der Waals surface area contributed by atoms with Crippen molar-refractivity contribution in [2.75, 3.05) is 11.9 Å². The first-order valence-electron chi connectivity index (χ1n) is 5.72. The standard InChI is InChI=1S/C12H15N3O4/c1-8(2)11(16)7-13-12(17)14-9-3-5-10(6-4-9)15(18)19/h3-6,8H,7H2,1-2H3,(H2,13,14,17). The number of hydrogen-bond donors (Lipinski definition) is 2. The average molecular weight is 265 g/mol. The fraction of sp³-hybridized carbons (Fsp3) is 0.333. The van der Waals surface area contributed by atoms with Crippen LogP contribution in [-0.2, 0) is 4.79 Å². The van der Waals surface area contributed by atoms with Crippen LogP contribution >= 0.6 is 0 Å². The summed E-state index contributed by atoms with van der Waals surface area (Å²) < 4.78 is 0. The number of amides is 2. The molecule has 7 nitrogen and oxygen atoms in total. The highest BCUT2D eigenvalue weighted by molar-refractivity contribution is 5.93. The van der Waals surface area contributed by atoms with Gasteiger partial charge in [-0.3, -0.25) is 14.9 Å². The Kier molecular flexibility index (Phi) is 4.99. The van der Waals surface area contributed by atoms with Gasteiger partial charge in [-0.1, -0.05) is 13.8 Å². The van der Waals surface area contributed by atoms with E-state index in [2.05, 4.69) is 10.6 Å². The second-order valence-electron chi connectivity index (χ2n) is 4.23. The van der Waals surface area contributed by atoms with E-state index in [0.717, 1.165) is 0 Å². The summed E-state index contributed by atoms with van der Waals surface area (Å²) in [6.07, 6.45) is 0. The van der Waals surface area contributed by atoms with E-state index in [4.69, 9.17) is 0 Å². The van der Waals surface area contributed by atoms with Crippen molar-refractivity contribution in [1.82, 2.24) is 5.32 Å². The van der Waals surface area contributed by atoms with Crippen LogP contribution in [0.25, 0.3) is 0 Å². The third-order valence-corrected chi connectivity index (χ3v) is 2.40. The lowest BCUT2D eigenvalue weighted by atomic mass is 10.1. The number of anilines is 1. The third-order valence-electron chi connectivity index (χ3n) is 2.40. The van der Waals surface area contributed by atoms with E-state index in [-0.39, 0.29) is 23.9 Å². The van der Waals surface area contributed by atoms with Gasteiger partial charge in [0.1, 0.15) is 0 Å². The van der Waals surface area contributed by atoms with Crippen LogP contribution in [0.5, 0.6) is 0 Å². The Hall–Kier alpha value is -2.44. The van der Waals surface area contributed by atoms with Crippen molar-refractivity contribution in [2.45, 2.75) is 13.8 Å². The number of nitrogens with one attached hydrogen (secondary N) is 2. The first-order chi connectivity index (χ1) is 8.90. The number of non-ortho nitro benzene ring substituents is 1. The molecule has 0 bridgehead atoms. The maximum Gasteiger partial charge on any atom is 0.319 e. The Morgan fingerprint density at radius 3 is 2.32 bits per heavy atom. The molecule has 7 heteroatoms. The average Bonchev–Trinajstić information content (AvgIpc) is 2.36. The largest absolute Gasteiger partial charge is 0.331 e. The maximum absolute atomic E-state index is 11.4. The van der Waals surface area contributed by atoms with E-state index < -0.39 is 11.0 Å². The van der Waals surface area contributed by atoms with Gasteiger partial charge >= 0.3 is 6.03 Å². The number of carbonyl (C=O) groups excluding carboxylic acids is 2. The van der Waals surface area contributed by atoms with Crippen molar-refractivity contribution in [3.63, 3.8) is 0 Å². The topological polar surface area (TPSA) is 101 Å². The minimum absolute atomic E-state index is 0.0452. The summed E-state index contributed by atoms with van der Waals surface area (Å²) in [5, 5.41) is 15.3. The minimum Gasteiger partial charge on any atom is -0.331 e. The fourth-order valence-electron chi connectivity index (χ4n) is 1.21. The normalized spacial score (nSPS) is 10.1. The fourth-order valence-corrected chi connectivity index (χ4v) is 1.21. The molecule has 2 N–H and O–H groups in total. The van der Waals surface area contributed by atoms with E-state index in [0.29, 0.717) is 5.69 Å². The van der Waals surface area contributed by atoms with Crippen LogP contribution in [-0.4, -0.2) is 23.3 Å². The van der Waals surface area contributed by atoms with Crippen LogP contribution in [0.2, 0.25) is 0 Å². The summed E-state index contributed by atoms with van der Waals surface area (Å²) in [4.78, 5) is 32.7. The first kappa shape index (κ1) is 14.6. The van der Waals surface area contributed by atoms with Crippen LogP contribution in [0.3, 0.4) is 0 Å². The van der Waals surface area contributed by atoms with Gasteiger partial charge < -0.3 is 10.6 Å². The number of nitrogens with zero attached hydrogens (tertiary/aromatic N) is 1. The van der Waals surface area contributed by atoms with E-state index in [1.54, 1.807) is 13.8 Å². The molecule has 1 rings (SSSR count). The predicted molar refractivity (Wildman–Crippen MR) is 70.0 cm³/mol. The highest BCUT2D eigenvalue weighted by atomic mass is 16.6. The third kappa shape index (κ3) is 4.74. The van der Waals surface area contributed by atoms with Crippen molar-refractivity contribution < 1.29 is 14.5 Å². The lowest BCUT2D eigenvalue weighted by molar-refractivity contribution is -0.384. The Labute approximate surface area is 110 Å². The Balaban J connectivity index is 2.48. The van der Waals surface area contributed by atoms with Gasteiger partial charge in [-0.2, -0.15) is 0 Å². The zero-order chi connectivity index (χ0) is 14.4. The van der Waals surface area contributed by atoms with Gasteiger partial charge in [0.15, 0.2) is 5.78 Å². The molecule has 19 heavy (non-hydrogen) atoms. The van der Waals surface area contributed by atoms with Crippen LogP contribution in [0.4, 0.5) is 16.2 Å². The summed E-state index contributed by atoms with van der Waals surface area (Å²) >= 11 is 0. The van der Waals surface area contributed by atoms with Gasteiger partial charge in [-0.25, -0.2) is 4.79 Å². The van der Waals surface area contributed by atoms with Gasteiger partial charge in [0, 0.05) is 23.7 Å². The van der Waals surface area contributed by atoms with Crippen LogP contribution in [0.15, 0.2) is 24.3 Å². The predicted octanol–water partition coefficient (Wildman–Crippen LogP) is 1.94. The molecule has 1 aromatic rings. The van der Waals surface area contributed by atoms with Gasteiger partial charge in [0.25, 0.3) is 5.69 Å². The van der Waals surface area contributed by atoms with E-state index >= 15 is 0 Å². The van der Waals surface area contributed by atoms with Crippen molar-refractivity contribution in [3.8, 4) is 0 Å². The van der Waals surface area contributed by atoms with E-state index in [1.165, 1.54) is 24.3 Å². The Morgan fingerprint density at radius 1 is 1.26 bits per heavy atom. The van der Waals surface area contributed by atoms with Gasteiger partial charge in [-0.15, -0.1) is 0 Å². The van der Waals surface area contributed by atoms with Crippen molar-refractivity contribution in [3.05, 3.63) is 34.4 Å². The molecule has 0 aliphatic carbocycles. The Bertz CT molecular complexity index is 482. The Morgan fingerprint density at radius 2 is 1.84 bits per heavy atom. The summed E-state index contributed by atoms with van der Waals surface area (Å²) in [6, 6.07) is 4.89. The lowest BCUT2D eigenvalue weighted by Crippen LogP contribution is -2.34. The number of rotatable bonds is 5. The molecule has 0 unspecified atom stereocenters. The number of ketones is 1. The van der Waals surface area contributed by atoms with Crippen LogP contribution < -0.4 is 10.6 Å². The second-order valence-corrected chi connectivity index (χ2v) is 4.23. The molecule has 102 valence electrons. The minimum atomic E-state index is -0.525. The maximum atomic E-state index is 11.4. The molecule has 1 aromatic carbocycles. The quantitative estimate of drug-likeness (QED) is 0.627. The summed E-state index contributed by atoms with van der Waals surface area (Å²) in [6.45, 7) is 3.45. The number of benzene rings is 1. The molecule has 0 fully saturated rings. The molecule has 0 atom stereocenters. The molecule has 0 spiro atoms. The van der Waals surface area contributed by atoms with Gasteiger partial charge in [0.05, 0.1) is 11.5 Å². The second kappa shape index (κ2) is 6.48. The number of urea groups is 1. The highest BCUT2D eigenvalue weighted by Gasteiger charge is 2.10.